The number of hydrogen-bond donors (Lipinski definition) is 0. The van der Waals surface area contributed by atoms with Gasteiger partial charge in [-0.3, -0.25) is 10.1 Å². The van der Waals surface area contributed by atoms with Crippen LogP contribution in [0.25, 0.3) is 6.08 Å². The number of hydrogen-bond acceptors (Lipinski definition) is 10. The summed E-state index contributed by atoms with van der Waals surface area (Å²) in [6, 6.07) is 11.9. The third-order valence-corrected chi connectivity index (χ3v) is 12.3. The third kappa shape index (κ3) is 13.6. The highest BCUT2D eigenvalue weighted by atomic mass is 16.6. The molecule has 11 nitrogen and oxygen atoms in total. The van der Waals surface area contributed by atoms with Crippen LogP contribution in [0.1, 0.15) is 135 Å². The molecular formula is C48H75N3O8. The van der Waals surface area contributed by atoms with E-state index in [0.717, 1.165) is 13.0 Å². The lowest BCUT2D eigenvalue weighted by Crippen LogP contribution is -2.60. The molecule has 3 aliphatic heterocycles. The van der Waals surface area contributed by atoms with Crippen LogP contribution in [0.4, 0.5) is 17.1 Å². The van der Waals surface area contributed by atoms with Gasteiger partial charge in [0, 0.05) is 43.0 Å². The minimum Gasteiger partial charge on any atom is -0.461 e. The molecule has 0 bridgehead atoms. The molecule has 0 radical (unpaired) electrons. The first-order chi connectivity index (χ1) is 28.9. The van der Waals surface area contributed by atoms with Gasteiger partial charge in [-0.25, -0.2) is 0 Å². The molecule has 3 heterocycles. The van der Waals surface area contributed by atoms with Crippen LogP contribution >= 0.6 is 0 Å². The van der Waals surface area contributed by atoms with Crippen LogP contribution in [0.3, 0.4) is 0 Å². The molecule has 0 aliphatic carbocycles. The molecule has 11 heteroatoms. The molecule has 0 N–H and O–H groups in total. The quantitative estimate of drug-likeness (QED) is 0.0772. The normalized spacial score (nSPS) is 20.5. The fraction of sp³-hybridized carbons (Fsp3) is 0.708. The molecule has 0 aromatic heterocycles. The molecule has 330 valence electrons. The van der Waals surface area contributed by atoms with E-state index < -0.39 is 11.1 Å². The first-order valence-corrected chi connectivity index (χ1v) is 23.1. The summed E-state index contributed by atoms with van der Waals surface area (Å²) in [6.45, 7) is 13.2. The van der Waals surface area contributed by atoms with E-state index in [2.05, 4.69) is 60.9 Å². The molecule has 1 saturated heterocycles. The van der Waals surface area contributed by atoms with Crippen molar-refractivity contribution in [2.45, 2.75) is 135 Å². The van der Waals surface area contributed by atoms with Crippen LogP contribution in [0.15, 0.2) is 42.5 Å². The third-order valence-electron chi connectivity index (χ3n) is 12.3. The number of benzene rings is 2. The van der Waals surface area contributed by atoms with E-state index in [9.17, 15) is 10.1 Å². The minimum absolute atomic E-state index is 0.0206. The molecule has 0 saturated carbocycles. The maximum Gasteiger partial charge on any atom is 0.272 e. The molecule has 1 unspecified atom stereocenters. The molecule has 2 aromatic rings. The SMILES string of the molecule is CCCCCCCCCCCCCCCCCCN1c2ccccc2C(C)(C)C12C=Cc1cc([N+](=O)[O-])cc(N3CCOCCOCCOCCOCCOCC3)c1O2. The number of anilines is 2. The zero-order chi connectivity index (χ0) is 41.6. The van der Waals surface area contributed by atoms with Crippen molar-refractivity contribution in [2.24, 2.45) is 0 Å². The Morgan fingerprint density at radius 1 is 0.627 bits per heavy atom. The lowest BCUT2D eigenvalue weighted by molar-refractivity contribution is -0.384. The molecule has 1 spiro atoms. The van der Waals surface area contributed by atoms with E-state index in [1.54, 1.807) is 12.1 Å². The molecule has 3 aliphatic rings. The molecule has 1 atom stereocenters. The lowest BCUT2D eigenvalue weighted by atomic mass is 9.76. The van der Waals surface area contributed by atoms with E-state index >= 15 is 0 Å². The van der Waals surface area contributed by atoms with Gasteiger partial charge in [-0.1, -0.05) is 121 Å². The Morgan fingerprint density at radius 2 is 1.10 bits per heavy atom. The summed E-state index contributed by atoms with van der Waals surface area (Å²) in [4.78, 5) is 16.6. The van der Waals surface area contributed by atoms with Crippen molar-refractivity contribution < 1.29 is 33.3 Å². The first kappa shape index (κ1) is 46.8. The van der Waals surface area contributed by atoms with Crippen molar-refractivity contribution in [1.82, 2.24) is 0 Å². The van der Waals surface area contributed by atoms with Crippen molar-refractivity contribution in [3.8, 4) is 5.75 Å². The van der Waals surface area contributed by atoms with Gasteiger partial charge in [0.1, 0.15) is 0 Å². The first-order valence-electron chi connectivity index (χ1n) is 23.1. The number of ether oxygens (including phenoxy) is 6. The molecule has 1 fully saturated rings. The Kier molecular flexibility index (Phi) is 20.3. The van der Waals surface area contributed by atoms with Gasteiger partial charge >= 0.3 is 0 Å². The Morgan fingerprint density at radius 3 is 1.61 bits per heavy atom. The van der Waals surface area contributed by atoms with Crippen LogP contribution in [0, 0.1) is 10.1 Å². The van der Waals surface area contributed by atoms with Gasteiger partial charge in [0.05, 0.1) is 82.1 Å². The molecular weight excluding hydrogens is 747 g/mol. The standard InChI is InChI=1S/C48H75N3O8/c1-4-5-6-7-8-9-10-11-12-13-14-15-16-17-18-21-26-50-44-23-20-19-22-43(44)47(2,3)48(50)25-24-41-39-42(51(52)53)40-45(46(41)59-48)49-27-29-54-31-33-56-35-37-58-38-36-57-34-32-55-30-28-49/h19-20,22-25,39-40H,4-18,21,26-38H2,1-3H3. The molecule has 0 amide bonds. The number of para-hydroxylation sites is 1. The van der Waals surface area contributed by atoms with E-state index in [1.165, 1.54) is 108 Å². The van der Waals surface area contributed by atoms with Gasteiger partial charge in [-0.15, -0.1) is 0 Å². The van der Waals surface area contributed by atoms with Crippen molar-refractivity contribution in [2.75, 3.05) is 95.5 Å². The van der Waals surface area contributed by atoms with Crippen molar-refractivity contribution in [3.63, 3.8) is 0 Å². The zero-order valence-corrected chi connectivity index (χ0v) is 36.7. The second kappa shape index (κ2) is 25.5. The summed E-state index contributed by atoms with van der Waals surface area (Å²) in [6.07, 6.45) is 25.5. The second-order valence-corrected chi connectivity index (χ2v) is 16.9. The van der Waals surface area contributed by atoms with E-state index in [0.29, 0.717) is 96.2 Å². The van der Waals surface area contributed by atoms with Gasteiger partial charge in [0.2, 0.25) is 5.72 Å². The minimum atomic E-state index is -0.827. The van der Waals surface area contributed by atoms with E-state index in [-0.39, 0.29) is 10.6 Å². The van der Waals surface area contributed by atoms with Crippen molar-refractivity contribution in [1.29, 1.82) is 0 Å². The number of nitro benzene ring substituents is 1. The summed E-state index contributed by atoms with van der Waals surface area (Å²) < 4.78 is 36.3. The van der Waals surface area contributed by atoms with Crippen molar-refractivity contribution >= 4 is 23.1 Å². The summed E-state index contributed by atoms with van der Waals surface area (Å²) >= 11 is 0. The van der Waals surface area contributed by atoms with Gasteiger partial charge < -0.3 is 38.2 Å². The zero-order valence-electron chi connectivity index (χ0n) is 36.7. The van der Waals surface area contributed by atoms with Crippen LogP contribution in [0.5, 0.6) is 5.75 Å². The van der Waals surface area contributed by atoms with E-state index in [1.807, 2.05) is 6.08 Å². The molecule has 5 rings (SSSR count). The number of fused-ring (bicyclic) bond motifs is 2. The van der Waals surface area contributed by atoms with Crippen LogP contribution in [-0.4, -0.2) is 96.4 Å². The number of non-ortho nitro benzene ring substituents is 1. The topological polar surface area (TPSA) is 105 Å². The van der Waals surface area contributed by atoms with Gasteiger partial charge in [-0.05, 0) is 44.1 Å². The Bertz CT molecular complexity index is 1530. The number of nitrogens with zero attached hydrogens (tertiary/aromatic N) is 3. The largest absolute Gasteiger partial charge is 0.461 e. The average molecular weight is 822 g/mol. The number of nitro groups is 1. The highest BCUT2D eigenvalue weighted by molar-refractivity contribution is 5.79. The Balaban J connectivity index is 1.24. The fourth-order valence-electron chi connectivity index (χ4n) is 8.80. The molecule has 59 heavy (non-hydrogen) atoms. The summed E-state index contributed by atoms with van der Waals surface area (Å²) in [5.41, 5.74) is 2.55. The van der Waals surface area contributed by atoms with Gasteiger partial charge in [-0.2, -0.15) is 0 Å². The highest BCUT2D eigenvalue weighted by Crippen LogP contribution is 2.56. The predicted octanol–water partition coefficient (Wildman–Crippen LogP) is 10.7. The van der Waals surface area contributed by atoms with Gasteiger partial charge in [0.25, 0.3) is 5.69 Å². The molecule has 2 aromatic carbocycles. The summed E-state index contributed by atoms with van der Waals surface area (Å²) in [5, 5.41) is 12.3. The van der Waals surface area contributed by atoms with Crippen LogP contribution in [0.2, 0.25) is 0 Å². The smallest absolute Gasteiger partial charge is 0.272 e. The lowest BCUT2D eigenvalue weighted by Gasteiger charge is -2.48. The fourth-order valence-corrected chi connectivity index (χ4v) is 8.80. The average Bonchev–Trinajstić information content (AvgIpc) is 3.41. The number of unbranched alkanes of at least 4 members (excludes halogenated alkanes) is 15. The highest BCUT2D eigenvalue weighted by Gasteiger charge is 2.59. The monoisotopic (exact) mass is 822 g/mol. The Labute approximate surface area is 355 Å². The maximum absolute atomic E-state index is 12.3. The van der Waals surface area contributed by atoms with Crippen LogP contribution < -0.4 is 14.5 Å². The van der Waals surface area contributed by atoms with Gasteiger partial charge in [0.15, 0.2) is 5.75 Å². The van der Waals surface area contributed by atoms with E-state index in [4.69, 9.17) is 28.4 Å². The predicted molar refractivity (Wildman–Crippen MR) is 238 cm³/mol. The summed E-state index contributed by atoms with van der Waals surface area (Å²) in [5.74, 6) is 0.643. The summed E-state index contributed by atoms with van der Waals surface area (Å²) in [7, 11) is 0. The van der Waals surface area contributed by atoms with Crippen LogP contribution in [-0.2, 0) is 29.1 Å². The number of rotatable bonds is 19. The second-order valence-electron chi connectivity index (χ2n) is 16.9. The Hall–Kier alpha value is -3.22. The maximum atomic E-state index is 12.3. The van der Waals surface area contributed by atoms with Crippen molar-refractivity contribution in [3.05, 3.63) is 63.7 Å².